The molecular weight excluding hydrogens is 584 g/mol. The molecule has 1 aliphatic rings. The number of hydrogen-bond acceptors (Lipinski definition) is 7. The number of nitrogens with one attached hydrogen (secondary N) is 1. The number of alkyl carbamates (subject to hydrolysis) is 1. The van der Waals surface area contributed by atoms with Crippen LogP contribution in [0.3, 0.4) is 0 Å². The van der Waals surface area contributed by atoms with Gasteiger partial charge in [-0.1, -0.05) is 61.5 Å². The van der Waals surface area contributed by atoms with E-state index in [1.807, 2.05) is 87.2 Å². The van der Waals surface area contributed by atoms with Crippen molar-refractivity contribution in [2.45, 2.75) is 90.6 Å². The first kappa shape index (κ1) is 32.9. The van der Waals surface area contributed by atoms with Gasteiger partial charge in [0, 0.05) is 38.2 Å². The molecular formula is C35H44N6O5. The summed E-state index contributed by atoms with van der Waals surface area (Å²) in [7, 11) is 0. The van der Waals surface area contributed by atoms with Crippen molar-refractivity contribution in [2.24, 2.45) is 0 Å². The zero-order valence-electron chi connectivity index (χ0n) is 27.3. The molecule has 2 N–H and O–H groups in total. The minimum absolute atomic E-state index is 0.0728. The Bertz CT molecular complexity index is 1730. The molecule has 0 spiro atoms. The van der Waals surface area contributed by atoms with Crippen molar-refractivity contribution in [1.29, 1.82) is 0 Å². The van der Waals surface area contributed by atoms with Crippen LogP contribution in [-0.2, 0) is 29.2 Å². The van der Waals surface area contributed by atoms with E-state index in [9.17, 15) is 19.5 Å². The number of benzene rings is 2. The fourth-order valence-corrected chi connectivity index (χ4v) is 5.87. The number of hydrogen-bond donors (Lipinski definition) is 2. The third kappa shape index (κ3) is 7.64. The van der Waals surface area contributed by atoms with E-state index < -0.39 is 17.3 Å². The highest BCUT2D eigenvalue weighted by Gasteiger charge is 2.35. The molecule has 5 rings (SSSR count). The molecule has 0 bridgehead atoms. The van der Waals surface area contributed by atoms with Gasteiger partial charge < -0.3 is 20.1 Å². The molecule has 1 saturated heterocycles. The van der Waals surface area contributed by atoms with Crippen molar-refractivity contribution in [1.82, 2.24) is 29.5 Å². The van der Waals surface area contributed by atoms with Crippen molar-refractivity contribution in [3.63, 3.8) is 0 Å². The Balaban J connectivity index is 1.25. The van der Waals surface area contributed by atoms with Crippen molar-refractivity contribution < 1.29 is 19.4 Å². The highest BCUT2D eigenvalue weighted by Crippen LogP contribution is 2.29. The molecule has 3 heterocycles. The summed E-state index contributed by atoms with van der Waals surface area (Å²) in [6.45, 7) is 11.2. The number of aliphatic hydroxyl groups is 1. The van der Waals surface area contributed by atoms with Crippen LogP contribution in [0, 0.1) is 0 Å². The quantitative estimate of drug-likeness (QED) is 0.271. The van der Waals surface area contributed by atoms with E-state index in [1.54, 1.807) is 4.68 Å². The minimum Gasteiger partial charge on any atom is -0.444 e. The van der Waals surface area contributed by atoms with Crippen LogP contribution < -0.4 is 10.9 Å². The van der Waals surface area contributed by atoms with Gasteiger partial charge >= 0.3 is 6.09 Å². The Kier molecular flexibility index (Phi) is 9.62. The van der Waals surface area contributed by atoms with Crippen LogP contribution in [0.2, 0.25) is 0 Å². The van der Waals surface area contributed by atoms with Crippen LogP contribution in [0.15, 0.2) is 65.7 Å². The molecule has 2 amide bonds. The Morgan fingerprint density at radius 3 is 2.35 bits per heavy atom. The Hall–Kier alpha value is -4.51. The van der Waals surface area contributed by atoms with E-state index in [0.29, 0.717) is 51.0 Å². The predicted molar refractivity (Wildman–Crippen MR) is 176 cm³/mol. The van der Waals surface area contributed by atoms with Gasteiger partial charge in [-0.2, -0.15) is 5.10 Å². The molecule has 1 fully saturated rings. The van der Waals surface area contributed by atoms with E-state index >= 15 is 0 Å². The summed E-state index contributed by atoms with van der Waals surface area (Å²) in [5.74, 6) is 0.182. The number of rotatable bonds is 9. The molecule has 2 aromatic carbocycles. The topological polar surface area (TPSA) is 132 Å². The molecule has 11 nitrogen and oxygen atoms in total. The van der Waals surface area contributed by atoms with Crippen LogP contribution in [0.25, 0.3) is 22.3 Å². The molecule has 11 heteroatoms. The molecule has 46 heavy (non-hydrogen) atoms. The first-order valence-electron chi connectivity index (χ1n) is 15.9. The molecule has 0 saturated carbocycles. The lowest BCUT2D eigenvalue weighted by atomic mass is 9.90. The minimum atomic E-state index is -1.14. The van der Waals surface area contributed by atoms with Crippen LogP contribution in [0.5, 0.6) is 0 Å². The number of aryl methyl sites for hydroxylation is 1. The molecule has 0 radical (unpaired) electrons. The van der Waals surface area contributed by atoms with E-state index in [1.165, 1.54) is 10.9 Å². The smallest absolute Gasteiger partial charge is 0.407 e. The summed E-state index contributed by atoms with van der Waals surface area (Å²) in [6, 6.07) is 17.6. The zero-order valence-corrected chi connectivity index (χ0v) is 27.3. The van der Waals surface area contributed by atoms with E-state index in [4.69, 9.17) is 4.74 Å². The lowest BCUT2D eigenvalue weighted by Crippen LogP contribution is -2.49. The van der Waals surface area contributed by atoms with Gasteiger partial charge in [0.2, 0.25) is 5.91 Å². The summed E-state index contributed by atoms with van der Waals surface area (Å²) in [4.78, 5) is 45.1. The summed E-state index contributed by atoms with van der Waals surface area (Å²) in [5.41, 5.74) is 2.28. The first-order valence-corrected chi connectivity index (χ1v) is 15.9. The Morgan fingerprint density at radius 2 is 1.72 bits per heavy atom. The fraction of sp³-hybridized carbons (Fsp3) is 0.457. The number of amides is 2. The Labute approximate surface area is 269 Å². The van der Waals surface area contributed by atoms with Gasteiger partial charge in [0.25, 0.3) is 5.56 Å². The number of likely N-dealkylation sites (tertiary alicyclic amines) is 1. The van der Waals surface area contributed by atoms with E-state index in [0.717, 1.165) is 22.4 Å². The molecule has 0 aliphatic carbocycles. The van der Waals surface area contributed by atoms with Gasteiger partial charge in [-0.15, -0.1) is 0 Å². The van der Waals surface area contributed by atoms with Gasteiger partial charge in [-0.05, 0) is 57.6 Å². The number of aromatic nitrogens is 4. The average molecular weight is 629 g/mol. The molecule has 244 valence electrons. The average Bonchev–Trinajstić information content (AvgIpc) is 3.41. The van der Waals surface area contributed by atoms with Crippen molar-refractivity contribution >= 4 is 23.0 Å². The standard InChI is InChI=1S/C35H44N6O5/c1-6-41-31(27-14-12-25(13-15-27)21-36-33(44)46-34(3,4)5)29-30(38-41)32(43)40(23-37-29)22-35(45)16-18-39(19-17-35)28(42)20-24(2)26-10-8-7-9-11-26/h7-15,23-24,45H,6,16-22H2,1-5H3,(H,36,44)/t24-/m1/s1. The van der Waals surface area contributed by atoms with Crippen LogP contribution >= 0.6 is 0 Å². The summed E-state index contributed by atoms with van der Waals surface area (Å²) in [6.07, 6.45) is 2.14. The largest absolute Gasteiger partial charge is 0.444 e. The zero-order chi connectivity index (χ0) is 33.1. The molecule has 1 aliphatic heterocycles. The monoisotopic (exact) mass is 628 g/mol. The van der Waals surface area contributed by atoms with E-state index in [2.05, 4.69) is 22.3 Å². The lowest BCUT2D eigenvalue weighted by Gasteiger charge is -2.38. The maximum atomic E-state index is 13.6. The molecule has 2 aromatic heterocycles. The van der Waals surface area contributed by atoms with E-state index in [-0.39, 0.29) is 29.4 Å². The van der Waals surface area contributed by atoms with Gasteiger partial charge in [0.15, 0.2) is 5.52 Å². The number of carbonyl (C=O) groups excluding carboxylic acids is 2. The predicted octanol–water partition coefficient (Wildman–Crippen LogP) is 4.85. The summed E-state index contributed by atoms with van der Waals surface area (Å²) >= 11 is 0. The van der Waals surface area contributed by atoms with Crippen LogP contribution in [0.1, 0.15) is 70.9 Å². The summed E-state index contributed by atoms with van der Waals surface area (Å²) < 4.78 is 8.49. The number of carbonyl (C=O) groups is 2. The number of fused-ring (bicyclic) bond motifs is 1. The lowest BCUT2D eigenvalue weighted by molar-refractivity contribution is -0.136. The number of ether oxygens (including phenoxy) is 1. The number of piperidine rings is 1. The van der Waals surface area contributed by atoms with Crippen molar-refractivity contribution in [2.75, 3.05) is 13.1 Å². The molecule has 0 unspecified atom stereocenters. The third-order valence-electron chi connectivity index (χ3n) is 8.44. The third-order valence-corrected chi connectivity index (χ3v) is 8.44. The van der Waals surface area contributed by atoms with Gasteiger partial charge in [0.1, 0.15) is 11.1 Å². The molecule has 4 aromatic rings. The van der Waals surface area contributed by atoms with Gasteiger partial charge in [0.05, 0.1) is 24.2 Å². The number of nitrogens with zero attached hydrogens (tertiary/aromatic N) is 5. The van der Waals surface area contributed by atoms with Crippen molar-refractivity contribution in [3.05, 3.63) is 82.4 Å². The van der Waals surface area contributed by atoms with Crippen LogP contribution in [-0.4, -0.2) is 65.6 Å². The maximum absolute atomic E-state index is 13.6. The van der Waals surface area contributed by atoms with Gasteiger partial charge in [-0.25, -0.2) is 9.78 Å². The second kappa shape index (κ2) is 13.5. The Morgan fingerprint density at radius 1 is 1.04 bits per heavy atom. The molecule has 1 atom stereocenters. The SMILES string of the molecule is CCn1nc2c(=O)n(CC3(O)CCN(C(=O)C[C@@H](C)c4ccccc4)CC3)cnc2c1-c1ccc(CNC(=O)OC(C)(C)C)cc1. The first-order chi connectivity index (χ1) is 21.9. The second-order valence-electron chi connectivity index (χ2n) is 13.2. The normalized spacial score (nSPS) is 15.5. The van der Waals surface area contributed by atoms with Crippen LogP contribution in [0.4, 0.5) is 4.79 Å². The summed E-state index contributed by atoms with van der Waals surface area (Å²) in [5, 5.41) is 18.8. The highest BCUT2D eigenvalue weighted by atomic mass is 16.6. The van der Waals surface area contributed by atoms with Crippen molar-refractivity contribution in [3.8, 4) is 11.3 Å². The fourth-order valence-electron chi connectivity index (χ4n) is 5.87. The second-order valence-corrected chi connectivity index (χ2v) is 13.2. The highest BCUT2D eigenvalue weighted by molar-refractivity contribution is 5.89. The van der Waals surface area contributed by atoms with Gasteiger partial charge in [-0.3, -0.25) is 18.8 Å². The maximum Gasteiger partial charge on any atom is 0.407 e.